The number of benzene rings is 2. The summed E-state index contributed by atoms with van der Waals surface area (Å²) in [5.74, 6) is -1.77. The predicted molar refractivity (Wildman–Crippen MR) is 123 cm³/mol. The van der Waals surface area contributed by atoms with Crippen LogP contribution in [0.2, 0.25) is 5.02 Å². The molecule has 2 heterocycles. The van der Waals surface area contributed by atoms with Gasteiger partial charge in [0.15, 0.2) is 0 Å². The molecule has 0 spiro atoms. The van der Waals surface area contributed by atoms with Gasteiger partial charge in [0.25, 0.3) is 5.91 Å². The molecule has 0 aliphatic carbocycles. The molecule has 0 bridgehead atoms. The lowest BCUT2D eigenvalue weighted by Crippen LogP contribution is -2.27. The first kappa shape index (κ1) is 22.1. The van der Waals surface area contributed by atoms with Gasteiger partial charge in [0, 0.05) is 11.6 Å². The quantitative estimate of drug-likeness (QED) is 0.359. The molecule has 6 nitrogen and oxygen atoms in total. The van der Waals surface area contributed by atoms with E-state index in [1.165, 1.54) is 41.3 Å². The molecule has 1 fully saturated rings. The second-order valence-electron chi connectivity index (χ2n) is 6.76. The van der Waals surface area contributed by atoms with Crippen molar-refractivity contribution in [3.63, 3.8) is 0 Å². The number of aromatic carboxylic acids is 1. The number of hydrogen-bond donors (Lipinski definition) is 2. The standard InChI is InChI=1S/C22H13ClFNO5S2/c23-15-5-1-11(7-16(15)24)10-25-20(27)19(32-22(25)31)9-13-3-6-18(30-13)12-2-4-14(21(28)29)17(26)8-12/h1-9,26H,10H2,(H,28,29)/b19-9-. The molecule has 0 unspecified atom stereocenters. The highest BCUT2D eigenvalue weighted by atomic mass is 35.5. The summed E-state index contributed by atoms with van der Waals surface area (Å²) >= 11 is 12.1. The predicted octanol–water partition coefficient (Wildman–Crippen LogP) is 5.54. The Morgan fingerprint density at radius 2 is 2.00 bits per heavy atom. The van der Waals surface area contributed by atoms with Crippen LogP contribution >= 0.6 is 35.6 Å². The highest BCUT2D eigenvalue weighted by Crippen LogP contribution is 2.35. The Morgan fingerprint density at radius 1 is 1.22 bits per heavy atom. The summed E-state index contributed by atoms with van der Waals surface area (Å²) < 4.78 is 19.8. The maximum absolute atomic E-state index is 13.7. The Labute approximate surface area is 195 Å². The van der Waals surface area contributed by atoms with Gasteiger partial charge in [-0.25, -0.2) is 9.18 Å². The van der Waals surface area contributed by atoms with E-state index in [4.69, 9.17) is 33.3 Å². The van der Waals surface area contributed by atoms with Crippen molar-refractivity contribution in [3.8, 4) is 17.1 Å². The number of thiocarbonyl (C=S) groups is 1. The molecule has 1 aliphatic rings. The SMILES string of the molecule is O=C(O)c1ccc(-c2ccc(/C=C3\SC(=S)N(Cc4ccc(Cl)c(F)c4)C3=O)o2)cc1O. The molecule has 3 aromatic rings. The average Bonchev–Trinajstić information content (AvgIpc) is 3.31. The van der Waals surface area contributed by atoms with E-state index in [2.05, 4.69) is 0 Å². The molecule has 0 radical (unpaired) electrons. The fourth-order valence-corrected chi connectivity index (χ4v) is 4.39. The zero-order chi connectivity index (χ0) is 23.0. The number of phenols is 1. The molecule has 1 amide bonds. The van der Waals surface area contributed by atoms with E-state index < -0.39 is 11.8 Å². The highest BCUT2D eigenvalue weighted by Gasteiger charge is 2.32. The molecule has 4 rings (SSSR count). The van der Waals surface area contributed by atoms with Crippen molar-refractivity contribution < 1.29 is 28.6 Å². The number of rotatable bonds is 5. The fraction of sp³-hybridized carbons (Fsp3) is 0.0455. The lowest BCUT2D eigenvalue weighted by atomic mass is 10.1. The van der Waals surface area contributed by atoms with Gasteiger partial charge >= 0.3 is 5.97 Å². The molecule has 32 heavy (non-hydrogen) atoms. The van der Waals surface area contributed by atoms with E-state index in [0.717, 1.165) is 11.8 Å². The molecule has 162 valence electrons. The maximum atomic E-state index is 13.7. The molecular formula is C22H13ClFNO5S2. The Hall–Kier alpha value is -3.14. The van der Waals surface area contributed by atoms with Crippen molar-refractivity contribution in [1.82, 2.24) is 4.90 Å². The summed E-state index contributed by atoms with van der Waals surface area (Å²) in [6, 6.07) is 11.7. The average molecular weight is 490 g/mol. The molecule has 0 atom stereocenters. The minimum Gasteiger partial charge on any atom is -0.507 e. The molecule has 1 aromatic heterocycles. The number of hydrogen-bond acceptors (Lipinski definition) is 6. The van der Waals surface area contributed by atoms with Crippen molar-refractivity contribution in [3.05, 3.63) is 81.2 Å². The van der Waals surface area contributed by atoms with Gasteiger partial charge in [0.2, 0.25) is 0 Å². The number of amides is 1. The van der Waals surface area contributed by atoms with Crippen LogP contribution in [0.3, 0.4) is 0 Å². The largest absolute Gasteiger partial charge is 0.507 e. The van der Waals surface area contributed by atoms with Gasteiger partial charge in [0.1, 0.15) is 33.0 Å². The Bertz CT molecular complexity index is 1300. The van der Waals surface area contributed by atoms with Gasteiger partial charge in [0.05, 0.1) is 16.5 Å². The van der Waals surface area contributed by atoms with Crippen LogP contribution in [0.1, 0.15) is 21.7 Å². The van der Waals surface area contributed by atoms with Crippen LogP contribution in [0, 0.1) is 5.82 Å². The van der Waals surface area contributed by atoms with Gasteiger partial charge in [-0.15, -0.1) is 0 Å². The van der Waals surface area contributed by atoms with E-state index in [9.17, 15) is 19.1 Å². The summed E-state index contributed by atoms with van der Waals surface area (Å²) in [4.78, 5) is 25.5. The second-order valence-corrected chi connectivity index (χ2v) is 8.84. The highest BCUT2D eigenvalue weighted by molar-refractivity contribution is 8.26. The zero-order valence-electron chi connectivity index (χ0n) is 16.0. The lowest BCUT2D eigenvalue weighted by Gasteiger charge is -2.14. The topological polar surface area (TPSA) is 91.0 Å². The van der Waals surface area contributed by atoms with Gasteiger partial charge < -0.3 is 14.6 Å². The number of thioether (sulfide) groups is 1. The molecule has 0 saturated carbocycles. The van der Waals surface area contributed by atoms with Crippen LogP contribution in [-0.4, -0.2) is 31.3 Å². The maximum Gasteiger partial charge on any atom is 0.339 e. The summed E-state index contributed by atoms with van der Waals surface area (Å²) in [5, 5.41) is 18.9. The first-order valence-electron chi connectivity index (χ1n) is 9.09. The van der Waals surface area contributed by atoms with Gasteiger partial charge in [-0.3, -0.25) is 9.69 Å². The van der Waals surface area contributed by atoms with E-state index in [1.54, 1.807) is 18.2 Å². The smallest absolute Gasteiger partial charge is 0.339 e. The van der Waals surface area contributed by atoms with Crippen LogP contribution in [0.15, 0.2) is 57.9 Å². The van der Waals surface area contributed by atoms with Crippen LogP contribution in [-0.2, 0) is 11.3 Å². The number of nitrogens with zero attached hydrogens (tertiary/aromatic N) is 1. The first-order chi connectivity index (χ1) is 15.2. The fourth-order valence-electron chi connectivity index (χ4n) is 3.04. The summed E-state index contributed by atoms with van der Waals surface area (Å²) in [6.45, 7) is 0.106. The normalized spacial score (nSPS) is 15.1. The third-order valence-corrected chi connectivity index (χ3v) is 6.30. The van der Waals surface area contributed by atoms with E-state index >= 15 is 0 Å². The molecule has 10 heteroatoms. The number of halogens is 2. The number of aromatic hydroxyl groups is 1. The minimum absolute atomic E-state index is 0.00132. The Balaban J connectivity index is 1.53. The lowest BCUT2D eigenvalue weighted by molar-refractivity contribution is -0.122. The molecule has 1 aliphatic heterocycles. The molecule has 1 saturated heterocycles. The Kier molecular flexibility index (Phi) is 6.05. The number of carbonyl (C=O) groups excluding carboxylic acids is 1. The molecular weight excluding hydrogens is 477 g/mol. The van der Waals surface area contributed by atoms with Gasteiger partial charge in [-0.1, -0.05) is 47.7 Å². The van der Waals surface area contributed by atoms with E-state index in [0.29, 0.717) is 31.9 Å². The van der Waals surface area contributed by atoms with Crippen molar-refractivity contribution in [2.75, 3.05) is 0 Å². The number of carboxylic acid groups (broad SMARTS) is 1. The van der Waals surface area contributed by atoms with Gasteiger partial charge in [-0.05, 0) is 42.0 Å². The summed E-state index contributed by atoms with van der Waals surface area (Å²) in [7, 11) is 0. The van der Waals surface area contributed by atoms with Crippen molar-refractivity contribution >= 4 is 57.9 Å². The minimum atomic E-state index is -1.24. The van der Waals surface area contributed by atoms with Crippen molar-refractivity contribution in [1.29, 1.82) is 0 Å². The van der Waals surface area contributed by atoms with E-state index in [1.807, 2.05) is 0 Å². The van der Waals surface area contributed by atoms with E-state index in [-0.39, 0.29) is 28.8 Å². The van der Waals surface area contributed by atoms with Crippen LogP contribution in [0.25, 0.3) is 17.4 Å². The Morgan fingerprint density at radius 3 is 2.69 bits per heavy atom. The van der Waals surface area contributed by atoms with Crippen LogP contribution in [0.5, 0.6) is 5.75 Å². The summed E-state index contributed by atoms with van der Waals surface area (Å²) in [5.41, 5.74) is 0.809. The number of carboxylic acids is 1. The van der Waals surface area contributed by atoms with Crippen molar-refractivity contribution in [2.24, 2.45) is 0 Å². The number of furan rings is 1. The van der Waals surface area contributed by atoms with Gasteiger partial charge in [-0.2, -0.15) is 0 Å². The monoisotopic (exact) mass is 489 g/mol. The van der Waals surface area contributed by atoms with Crippen LogP contribution < -0.4 is 0 Å². The molecule has 2 aromatic carbocycles. The third kappa shape index (κ3) is 4.40. The number of carbonyl (C=O) groups is 2. The first-order valence-corrected chi connectivity index (χ1v) is 10.7. The van der Waals surface area contributed by atoms with Crippen molar-refractivity contribution in [2.45, 2.75) is 6.54 Å². The second kappa shape index (κ2) is 8.78. The summed E-state index contributed by atoms with van der Waals surface area (Å²) in [6.07, 6.45) is 1.54. The molecule has 2 N–H and O–H groups in total. The zero-order valence-corrected chi connectivity index (χ0v) is 18.4. The third-order valence-electron chi connectivity index (χ3n) is 4.61. The van der Waals surface area contributed by atoms with Crippen LogP contribution in [0.4, 0.5) is 4.39 Å².